The van der Waals surface area contributed by atoms with E-state index in [0.717, 1.165) is 24.3 Å². The molecule has 2 unspecified atom stereocenters. The normalized spacial score (nSPS) is 30.8. The highest BCUT2D eigenvalue weighted by Crippen LogP contribution is 2.52. The van der Waals surface area contributed by atoms with Gasteiger partial charge in [0.2, 0.25) is 0 Å². The molecule has 0 aromatic heterocycles. The number of carbonyl (C=O) groups excluding carboxylic acids is 1. The van der Waals surface area contributed by atoms with E-state index in [2.05, 4.69) is 17.2 Å². The summed E-state index contributed by atoms with van der Waals surface area (Å²) in [5, 5.41) is 3.67. The van der Waals surface area contributed by atoms with Crippen molar-refractivity contribution in [3.63, 3.8) is 0 Å². The maximum absolute atomic E-state index is 10.5. The summed E-state index contributed by atoms with van der Waals surface area (Å²) in [6, 6.07) is 0. The Bertz CT molecular complexity index is 270. The second-order valence-electron chi connectivity index (χ2n) is 3.79. The summed E-state index contributed by atoms with van der Waals surface area (Å²) in [5.74, 6) is 1.52. The highest BCUT2D eigenvalue weighted by Gasteiger charge is 2.43. The number of hydrogen-bond donors (Lipinski definition) is 1. The molecule has 0 aliphatic heterocycles. The number of aldehydes is 1. The summed E-state index contributed by atoms with van der Waals surface area (Å²) in [5.41, 5.74) is 5.33. The Morgan fingerprint density at radius 2 is 2.54 bits per heavy atom. The Balaban J connectivity index is 2.17. The van der Waals surface area contributed by atoms with Gasteiger partial charge >= 0.3 is 0 Å². The van der Waals surface area contributed by atoms with Gasteiger partial charge in [-0.05, 0) is 36.7 Å². The maximum atomic E-state index is 10.5. The molecular formula is C10H14N2O. The van der Waals surface area contributed by atoms with Gasteiger partial charge in [0, 0.05) is 18.8 Å². The summed E-state index contributed by atoms with van der Waals surface area (Å²) < 4.78 is 0. The molecule has 0 spiro atoms. The molecule has 1 saturated carbocycles. The lowest BCUT2D eigenvalue weighted by Gasteiger charge is -2.17. The molecule has 0 aromatic carbocycles. The van der Waals surface area contributed by atoms with Gasteiger partial charge in [-0.15, -0.1) is 0 Å². The lowest BCUT2D eigenvalue weighted by Crippen LogP contribution is -2.14. The fourth-order valence-corrected chi connectivity index (χ4v) is 2.29. The molecule has 3 nitrogen and oxygen atoms in total. The van der Waals surface area contributed by atoms with Crippen molar-refractivity contribution in [3.8, 4) is 0 Å². The van der Waals surface area contributed by atoms with Crippen LogP contribution in [-0.4, -0.2) is 13.0 Å². The monoisotopic (exact) mass is 178 g/mol. The zero-order valence-corrected chi connectivity index (χ0v) is 7.62. The van der Waals surface area contributed by atoms with E-state index in [1.165, 1.54) is 18.4 Å². The first-order chi connectivity index (χ1) is 6.36. The van der Waals surface area contributed by atoms with Crippen LogP contribution in [0.5, 0.6) is 0 Å². The summed E-state index contributed by atoms with van der Waals surface area (Å²) in [6.07, 6.45) is 5.10. The van der Waals surface area contributed by atoms with Crippen LogP contribution in [0.15, 0.2) is 16.4 Å². The molecular weight excluding hydrogens is 164 g/mol. The lowest BCUT2D eigenvalue weighted by molar-refractivity contribution is -0.107. The topological polar surface area (TPSA) is 41.5 Å². The highest BCUT2D eigenvalue weighted by molar-refractivity contribution is 5.56. The molecule has 2 aliphatic rings. The van der Waals surface area contributed by atoms with Crippen molar-refractivity contribution in [1.29, 1.82) is 0 Å². The third-order valence-electron chi connectivity index (χ3n) is 3.04. The van der Waals surface area contributed by atoms with Crippen molar-refractivity contribution in [2.24, 2.45) is 16.9 Å². The minimum absolute atomic E-state index is 0.568. The molecule has 2 aliphatic carbocycles. The highest BCUT2D eigenvalue weighted by atomic mass is 16.1. The molecule has 13 heavy (non-hydrogen) atoms. The third-order valence-corrected chi connectivity index (χ3v) is 3.04. The van der Waals surface area contributed by atoms with Gasteiger partial charge in [0.15, 0.2) is 0 Å². The van der Waals surface area contributed by atoms with Crippen molar-refractivity contribution in [2.75, 3.05) is 0 Å². The van der Waals surface area contributed by atoms with Crippen molar-refractivity contribution < 1.29 is 4.79 Å². The molecule has 0 heterocycles. The van der Waals surface area contributed by atoms with Gasteiger partial charge in [0.05, 0.1) is 0 Å². The number of carbonyl (C=O) groups is 1. The van der Waals surface area contributed by atoms with E-state index >= 15 is 0 Å². The fourth-order valence-electron chi connectivity index (χ4n) is 2.29. The van der Waals surface area contributed by atoms with Gasteiger partial charge < -0.3 is 4.79 Å². The Hall–Kier alpha value is -1.12. The van der Waals surface area contributed by atoms with Gasteiger partial charge in [-0.3, -0.25) is 5.43 Å². The van der Waals surface area contributed by atoms with Gasteiger partial charge in [-0.1, -0.05) is 0 Å². The molecule has 1 fully saturated rings. The number of rotatable bonds is 4. The van der Waals surface area contributed by atoms with Crippen molar-refractivity contribution in [2.45, 2.75) is 25.7 Å². The molecule has 0 amide bonds. The Morgan fingerprint density at radius 1 is 1.69 bits per heavy atom. The van der Waals surface area contributed by atoms with Gasteiger partial charge in [-0.2, -0.15) is 5.10 Å². The quantitative estimate of drug-likeness (QED) is 0.402. The molecule has 0 saturated heterocycles. The van der Waals surface area contributed by atoms with Gasteiger partial charge in [0.1, 0.15) is 6.29 Å². The van der Waals surface area contributed by atoms with E-state index in [0.29, 0.717) is 12.3 Å². The van der Waals surface area contributed by atoms with Crippen molar-refractivity contribution in [3.05, 3.63) is 11.3 Å². The van der Waals surface area contributed by atoms with Crippen LogP contribution >= 0.6 is 0 Å². The summed E-state index contributed by atoms with van der Waals surface area (Å²) >= 11 is 0. The van der Waals surface area contributed by atoms with Gasteiger partial charge in [-0.25, -0.2) is 0 Å². The first kappa shape index (κ1) is 8.48. The summed E-state index contributed by atoms with van der Waals surface area (Å²) in [4.78, 5) is 10.5. The Kier molecular flexibility index (Phi) is 2.17. The third kappa shape index (κ3) is 1.50. The van der Waals surface area contributed by atoms with Crippen LogP contribution in [0.4, 0.5) is 0 Å². The average Bonchev–Trinajstić information content (AvgIpc) is 2.88. The molecule has 3 heteroatoms. The van der Waals surface area contributed by atoms with Crippen molar-refractivity contribution in [1.82, 2.24) is 5.43 Å². The van der Waals surface area contributed by atoms with E-state index in [9.17, 15) is 4.79 Å². The number of allylic oxidation sites excluding steroid dienone is 2. The minimum atomic E-state index is 0.568. The number of nitrogens with zero attached hydrogens (tertiary/aromatic N) is 1. The first-order valence-electron chi connectivity index (χ1n) is 4.74. The van der Waals surface area contributed by atoms with Crippen LogP contribution in [0, 0.1) is 11.8 Å². The maximum Gasteiger partial charge on any atom is 0.124 e. The summed E-state index contributed by atoms with van der Waals surface area (Å²) in [6.45, 7) is 3.40. The van der Waals surface area contributed by atoms with E-state index < -0.39 is 0 Å². The fraction of sp³-hybridized carbons (Fsp3) is 0.600. The number of nitrogens with one attached hydrogen (secondary N) is 1. The lowest BCUT2D eigenvalue weighted by atomic mass is 9.94. The minimum Gasteiger partial charge on any atom is -0.303 e. The predicted octanol–water partition coefficient (Wildman–Crippen LogP) is 1.46. The number of hydrazone groups is 1. The largest absolute Gasteiger partial charge is 0.303 e. The molecule has 1 N–H and O–H groups in total. The van der Waals surface area contributed by atoms with Crippen LogP contribution < -0.4 is 5.43 Å². The number of fused-ring (bicyclic) bond motifs is 1. The van der Waals surface area contributed by atoms with Crippen LogP contribution in [0.2, 0.25) is 0 Å². The molecule has 0 bridgehead atoms. The van der Waals surface area contributed by atoms with Crippen LogP contribution in [0.1, 0.15) is 25.7 Å². The summed E-state index contributed by atoms with van der Waals surface area (Å²) in [7, 11) is 0. The SMILES string of the molecule is C=NNC1=C(CC=O)C2CC2CC1. The van der Waals surface area contributed by atoms with E-state index in [-0.39, 0.29) is 0 Å². The average molecular weight is 178 g/mol. The zero-order chi connectivity index (χ0) is 9.26. The first-order valence-corrected chi connectivity index (χ1v) is 4.74. The number of hydrogen-bond acceptors (Lipinski definition) is 3. The van der Waals surface area contributed by atoms with Crippen molar-refractivity contribution >= 4 is 13.0 Å². The zero-order valence-electron chi connectivity index (χ0n) is 7.62. The van der Waals surface area contributed by atoms with E-state index in [4.69, 9.17) is 0 Å². The Morgan fingerprint density at radius 3 is 3.23 bits per heavy atom. The molecule has 70 valence electrons. The standard InChI is InChI=1S/C10H14N2O/c1-11-12-10-3-2-7-6-9(7)8(10)4-5-13/h5,7,9,12H,1-4,6H2. The van der Waals surface area contributed by atoms with Crippen LogP contribution in [0.3, 0.4) is 0 Å². The van der Waals surface area contributed by atoms with E-state index in [1.807, 2.05) is 0 Å². The van der Waals surface area contributed by atoms with E-state index in [1.54, 1.807) is 0 Å². The second-order valence-corrected chi connectivity index (χ2v) is 3.79. The van der Waals surface area contributed by atoms with Crippen LogP contribution in [-0.2, 0) is 4.79 Å². The Labute approximate surface area is 77.9 Å². The van der Waals surface area contributed by atoms with Gasteiger partial charge in [0.25, 0.3) is 0 Å². The molecule has 0 radical (unpaired) electrons. The smallest absolute Gasteiger partial charge is 0.124 e. The second kappa shape index (κ2) is 3.32. The predicted molar refractivity (Wildman–Crippen MR) is 51.2 cm³/mol. The molecule has 0 aromatic rings. The molecule has 2 atom stereocenters. The molecule has 2 rings (SSSR count). The van der Waals surface area contributed by atoms with Crippen LogP contribution in [0.25, 0.3) is 0 Å².